The van der Waals surface area contributed by atoms with Crippen molar-refractivity contribution in [2.75, 3.05) is 11.1 Å². The quantitative estimate of drug-likeness (QED) is 0.374. The molecule has 30 heavy (non-hydrogen) atoms. The third-order valence-corrected chi connectivity index (χ3v) is 6.24. The van der Waals surface area contributed by atoms with Gasteiger partial charge >= 0.3 is 0 Å². The molecule has 2 aromatic carbocycles. The number of para-hydroxylation sites is 2. The predicted molar refractivity (Wildman–Crippen MR) is 120 cm³/mol. The van der Waals surface area contributed by atoms with Crippen LogP contribution >= 0.6 is 23.1 Å². The molecule has 4 rings (SSSR count). The predicted octanol–water partition coefficient (Wildman–Crippen LogP) is 4.36. The monoisotopic (exact) mass is 432 g/mol. The number of hydrogen-bond donors (Lipinski definition) is 1. The first kappa shape index (κ1) is 19.9. The molecular formula is C22H16N4O2S2. The number of nitrogens with zero attached hydrogens (tertiary/aromatic N) is 3. The lowest BCUT2D eigenvalue weighted by molar-refractivity contribution is -0.113. The summed E-state index contributed by atoms with van der Waals surface area (Å²) in [6.07, 6.45) is 0. The SMILES string of the molecule is Cc1ccccc1-n1c(SCC(=O)Nc2sccc2C#N)nc2ccccc2c1=O. The molecule has 0 aliphatic rings. The Morgan fingerprint density at radius 1 is 1.20 bits per heavy atom. The van der Waals surface area contributed by atoms with Crippen LogP contribution in [0.25, 0.3) is 16.6 Å². The normalized spacial score (nSPS) is 10.7. The summed E-state index contributed by atoms with van der Waals surface area (Å²) in [5.74, 6) is -0.211. The van der Waals surface area contributed by atoms with Crippen LogP contribution in [0.2, 0.25) is 0 Å². The highest BCUT2D eigenvalue weighted by molar-refractivity contribution is 7.99. The summed E-state index contributed by atoms with van der Waals surface area (Å²) in [5.41, 5.74) is 2.50. The van der Waals surface area contributed by atoms with Crippen molar-refractivity contribution in [3.8, 4) is 11.8 Å². The number of carbonyl (C=O) groups excluding carboxylic acids is 1. The fourth-order valence-corrected chi connectivity index (χ4v) is 4.58. The molecule has 0 atom stereocenters. The number of anilines is 1. The minimum atomic E-state index is -0.266. The maximum absolute atomic E-state index is 13.3. The summed E-state index contributed by atoms with van der Waals surface area (Å²) in [6.45, 7) is 1.93. The van der Waals surface area contributed by atoms with E-state index < -0.39 is 0 Å². The van der Waals surface area contributed by atoms with Crippen LogP contribution in [-0.4, -0.2) is 21.2 Å². The van der Waals surface area contributed by atoms with Gasteiger partial charge in [0.25, 0.3) is 5.56 Å². The molecule has 0 aliphatic heterocycles. The molecule has 2 aromatic heterocycles. The summed E-state index contributed by atoms with van der Waals surface area (Å²) in [4.78, 5) is 30.4. The first-order valence-corrected chi connectivity index (χ1v) is 10.9. The van der Waals surface area contributed by atoms with Gasteiger partial charge in [-0.15, -0.1) is 11.3 Å². The number of thioether (sulfide) groups is 1. The van der Waals surface area contributed by atoms with Gasteiger partial charge in [0.1, 0.15) is 11.1 Å². The van der Waals surface area contributed by atoms with E-state index in [4.69, 9.17) is 5.26 Å². The van der Waals surface area contributed by atoms with Gasteiger partial charge in [-0.25, -0.2) is 4.98 Å². The fourth-order valence-electron chi connectivity index (χ4n) is 3.02. The van der Waals surface area contributed by atoms with Crippen molar-refractivity contribution in [2.45, 2.75) is 12.1 Å². The highest BCUT2D eigenvalue weighted by Gasteiger charge is 2.16. The van der Waals surface area contributed by atoms with Crippen LogP contribution in [0.3, 0.4) is 0 Å². The zero-order valence-corrected chi connectivity index (χ0v) is 17.6. The molecule has 8 heteroatoms. The molecule has 1 amide bonds. The number of hydrogen-bond acceptors (Lipinski definition) is 6. The first-order chi connectivity index (χ1) is 14.6. The third-order valence-electron chi connectivity index (χ3n) is 4.47. The molecule has 2 heterocycles. The zero-order chi connectivity index (χ0) is 21.1. The Bertz CT molecular complexity index is 1350. The number of nitrogens with one attached hydrogen (secondary N) is 1. The van der Waals surface area contributed by atoms with Crippen LogP contribution in [0.1, 0.15) is 11.1 Å². The van der Waals surface area contributed by atoms with Crippen LogP contribution in [0.15, 0.2) is 69.9 Å². The highest BCUT2D eigenvalue weighted by atomic mass is 32.2. The lowest BCUT2D eigenvalue weighted by Gasteiger charge is -2.15. The molecule has 0 saturated heterocycles. The number of carbonyl (C=O) groups is 1. The van der Waals surface area contributed by atoms with Gasteiger partial charge in [-0.2, -0.15) is 5.26 Å². The number of aromatic nitrogens is 2. The first-order valence-electron chi connectivity index (χ1n) is 9.06. The van der Waals surface area contributed by atoms with Crippen LogP contribution in [0.4, 0.5) is 5.00 Å². The Morgan fingerprint density at radius 3 is 2.77 bits per heavy atom. The average Bonchev–Trinajstić information content (AvgIpc) is 3.20. The minimum absolute atomic E-state index is 0.0550. The topological polar surface area (TPSA) is 87.8 Å². The van der Waals surface area contributed by atoms with E-state index in [1.807, 2.05) is 43.3 Å². The van der Waals surface area contributed by atoms with Crippen molar-refractivity contribution in [1.82, 2.24) is 9.55 Å². The fraction of sp³-hybridized carbons (Fsp3) is 0.0909. The number of benzene rings is 2. The van der Waals surface area contributed by atoms with Gasteiger partial charge in [-0.05, 0) is 42.1 Å². The lowest BCUT2D eigenvalue weighted by atomic mass is 10.2. The number of nitriles is 1. The van der Waals surface area contributed by atoms with E-state index in [1.54, 1.807) is 28.1 Å². The second-order valence-electron chi connectivity index (χ2n) is 6.45. The van der Waals surface area contributed by atoms with E-state index in [2.05, 4.69) is 16.4 Å². The van der Waals surface area contributed by atoms with E-state index in [0.29, 0.717) is 26.6 Å². The number of fused-ring (bicyclic) bond motifs is 1. The van der Waals surface area contributed by atoms with E-state index >= 15 is 0 Å². The largest absolute Gasteiger partial charge is 0.316 e. The Labute approximate surface area is 180 Å². The summed E-state index contributed by atoms with van der Waals surface area (Å²) in [6, 6.07) is 18.5. The van der Waals surface area contributed by atoms with E-state index in [9.17, 15) is 9.59 Å². The summed E-state index contributed by atoms with van der Waals surface area (Å²) < 4.78 is 1.56. The molecule has 4 aromatic rings. The van der Waals surface area contributed by atoms with Crippen molar-refractivity contribution in [2.24, 2.45) is 0 Å². The van der Waals surface area contributed by atoms with Gasteiger partial charge in [0.15, 0.2) is 5.16 Å². The van der Waals surface area contributed by atoms with Crippen molar-refractivity contribution in [1.29, 1.82) is 5.26 Å². The molecule has 0 bridgehead atoms. The van der Waals surface area contributed by atoms with E-state index in [-0.39, 0.29) is 17.2 Å². The Balaban J connectivity index is 1.70. The molecule has 0 spiro atoms. The minimum Gasteiger partial charge on any atom is -0.316 e. The Kier molecular flexibility index (Phi) is 5.65. The second kappa shape index (κ2) is 8.53. The summed E-state index contributed by atoms with van der Waals surface area (Å²) in [5, 5.41) is 15.1. The molecule has 6 nitrogen and oxygen atoms in total. The Morgan fingerprint density at radius 2 is 1.97 bits per heavy atom. The number of aryl methyl sites for hydroxylation is 1. The molecule has 0 fully saturated rings. The van der Waals surface area contributed by atoms with Crippen molar-refractivity contribution in [3.63, 3.8) is 0 Å². The summed E-state index contributed by atoms with van der Waals surface area (Å²) >= 11 is 2.48. The van der Waals surface area contributed by atoms with Gasteiger partial charge in [-0.1, -0.05) is 42.1 Å². The maximum Gasteiger partial charge on any atom is 0.266 e. The standard InChI is InChI=1S/C22H16N4O2S2/c1-14-6-2-5-9-18(14)26-21(28)16-7-3-4-8-17(16)24-22(26)30-13-19(27)25-20-15(12-23)10-11-29-20/h2-11H,13H2,1H3,(H,25,27). The van der Waals surface area contributed by atoms with E-state index in [0.717, 1.165) is 11.3 Å². The molecule has 1 N–H and O–H groups in total. The highest BCUT2D eigenvalue weighted by Crippen LogP contribution is 2.25. The third kappa shape index (κ3) is 3.85. The van der Waals surface area contributed by atoms with Gasteiger partial charge in [-0.3, -0.25) is 14.2 Å². The molecular weight excluding hydrogens is 416 g/mol. The molecule has 148 valence electrons. The summed E-state index contributed by atoms with van der Waals surface area (Å²) in [7, 11) is 0. The number of amides is 1. The second-order valence-corrected chi connectivity index (χ2v) is 8.31. The van der Waals surface area contributed by atoms with Gasteiger partial charge < -0.3 is 5.32 Å². The zero-order valence-electron chi connectivity index (χ0n) is 16.0. The van der Waals surface area contributed by atoms with Gasteiger partial charge in [0.2, 0.25) is 5.91 Å². The van der Waals surface area contributed by atoms with E-state index in [1.165, 1.54) is 23.1 Å². The van der Waals surface area contributed by atoms with Crippen molar-refractivity contribution in [3.05, 3.63) is 81.5 Å². The van der Waals surface area contributed by atoms with Crippen LogP contribution in [-0.2, 0) is 4.79 Å². The average molecular weight is 433 g/mol. The van der Waals surface area contributed by atoms with Crippen molar-refractivity contribution >= 4 is 44.9 Å². The molecule has 0 saturated carbocycles. The van der Waals surface area contributed by atoms with Crippen LogP contribution in [0.5, 0.6) is 0 Å². The van der Waals surface area contributed by atoms with Gasteiger partial charge in [0.05, 0.1) is 27.9 Å². The Hall–Kier alpha value is -3.41. The lowest BCUT2D eigenvalue weighted by Crippen LogP contribution is -2.23. The molecule has 0 unspecified atom stereocenters. The molecule has 0 radical (unpaired) electrons. The molecule has 0 aliphatic carbocycles. The van der Waals surface area contributed by atoms with Gasteiger partial charge in [0, 0.05) is 0 Å². The van der Waals surface area contributed by atoms with Crippen LogP contribution < -0.4 is 10.9 Å². The van der Waals surface area contributed by atoms with Crippen molar-refractivity contribution < 1.29 is 4.79 Å². The number of thiophene rings is 1. The number of rotatable bonds is 5. The maximum atomic E-state index is 13.3. The smallest absolute Gasteiger partial charge is 0.266 e. The van der Waals surface area contributed by atoms with Crippen LogP contribution in [0, 0.1) is 18.3 Å².